The lowest BCUT2D eigenvalue weighted by molar-refractivity contribution is 0.101. The molecule has 0 atom stereocenters. The Labute approximate surface area is 145 Å². The molecule has 0 aliphatic rings. The highest BCUT2D eigenvalue weighted by molar-refractivity contribution is 6.08. The first-order chi connectivity index (χ1) is 12.1. The summed E-state index contributed by atoms with van der Waals surface area (Å²) in [5.74, 6) is -0.166. The zero-order valence-corrected chi connectivity index (χ0v) is 14.0. The van der Waals surface area contributed by atoms with E-state index in [1.54, 1.807) is 6.07 Å². The summed E-state index contributed by atoms with van der Waals surface area (Å²) in [7, 11) is 1.44. The lowest BCUT2D eigenvalue weighted by Gasteiger charge is -2.15. The van der Waals surface area contributed by atoms with Crippen LogP contribution in [-0.4, -0.2) is 31.2 Å². The molecule has 6 nitrogen and oxygen atoms in total. The summed E-state index contributed by atoms with van der Waals surface area (Å²) in [6.45, 7) is 2.17. The Morgan fingerprint density at radius 2 is 1.96 bits per heavy atom. The number of carbonyl (C=O) groups is 1. The standard InChI is InChI=1S/C19H19NO5/c1-12(21)15-16(22)19(18-14(8-10-24-18)17(15)23-2)25-11-9-20-13-6-4-3-5-7-13/h3-8,10,20,22H,9,11H2,1-2H3. The highest BCUT2D eigenvalue weighted by atomic mass is 16.5. The van der Waals surface area contributed by atoms with E-state index >= 15 is 0 Å². The third-order valence-electron chi connectivity index (χ3n) is 3.80. The van der Waals surface area contributed by atoms with Crippen molar-refractivity contribution in [1.82, 2.24) is 0 Å². The van der Waals surface area contributed by atoms with Crippen molar-refractivity contribution in [2.24, 2.45) is 0 Å². The number of phenolic OH excluding ortho intramolecular Hbond substituents is 1. The molecule has 0 fully saturated rings. The largest absolute Gasteiger partial charge is 0.504 e. The summed E-state index contributed by atoms with van der Waals surface area (Å²) in [6, 6.07) is 11.4. The lowest BCUT2D eigenvalue weighted by atomic mass is 10.1. The van der Waals surface area contributed by atoms with Crippen LogP contribution in [0.4, 0.5) is 5.69 Å². The average molecular weight is 341 g/mol. The first-order valence-corrected chi connectivity index (χ1v) is 7.86. The van der Waals surface area contributed by atoms with Gasteiger partial charge in [0.2, 0.25) is 5.75 Å². The first kappa shape index (κ1) is 16.7. The number of rotatable bonds is 7. The van der Waals surface area contributed by atoms with Crippen molar-refractivity contribution < 1.29 is 23.8 Å². The number of nitrogens with one attached hydrogen (secondary N) is 1. The maximum absolute atomic E-state index is 11.9. The molecule has 6 heteroatoms. The number of furan rings is 1. The van der Waals surface area contributed by atoms with Crippen LogP contribution in [-0.2, 0) is 0 Å². The molecular weight excluding hydrogens is 322 g/mol. The molecule has 1 aromatic heterocycles. The summed E-state index contributed by atoms with van der Waals surface area (Å²) < 4.78 is 16.4. The number of fused-ring (bicyclic) bond motifs is 1. The van der Waals surface area contributed by atoms with Crippen LogP contribution in [0, 0.1) is 0 Å². The van der Waals surface area contributed by atoms with Crippen LogP contribution < -0.4 is 14.8 Å². The Kier molecular flexibility index (Phi) is 4.79. The molecule has 2 aromatic carbocycles. The van der Waals surface area contributed by atoms with Gasteiger partial charge in [-0.3, -0.25) is 4.79 Å². The normalized spacial score (nSPS) is 10.6. The monoisotopic (exact) mass is 341 g/mol. The van der Waals surface area contributed by atoms with E-state index in [-0.39, 0.29) is 35.2 Å². The minimum Gasteiger partial charge on any atom is -0.504 e. The van der Waals surface area contributed by atoms with Gasteiger partial charge in [0.1, 0.15) is 17.9 Å². The van der Waals surface area contributed by atoms with Gasteiger partial charge < -0.3 is 24.3 Å². The summed E-state index contributed by atoms with van der Waals surface area (Å²) in [4.78, 5) is 11.9. The highest BCUT2D eigenvalue weighted by Gasteiger charge is 2.25. The topological polar surface area (TPSA) is 80.9 Å². The van der Waals surface area contributed by atoms with Crippen molar-refractivity contribution in [3.05, 3.63) is 48.2 Å². The zero-order valence-electron chi connectivity index (χ0n) is 14.0. The number of para-hydroxylation sites is 1. The van der Waals surface area contributed by atoms with Crippen LogP contribution >= 0.6 is 0 Å². The Bertz CT molecular complexity index is 886. The number of methoxy groups -OCH3 is 1. The number of ether oxygens (including phenoxy) is 2. The molecule has 0 amide bonds. The van der Waals surface area contributed by atoms with E-state index in [4.69, 9.17) is 13.9 Å². The number of ketones is 1. The van der Waals surface area contributed by atoms with Crippen LogP contribution in [0.2, 0.25) is 0 Å². The molecule has 0 saturated carbocycles. The fourth-order valence-corrected chi connectivity index (χ4v) is 2.70. The molecular formula is C19H19NO5. The number of phenols is 1. The van der Waals surface area contributed by atoms with E-state index in [0.717, 1.165) is 5.69 Å². The van der Waals surface area contributed by atoms with E-state index in [2.05, 4.69) is 5.32 Å². The molecule has 0 radical (unpaired) electrons. The molecule has 0 spiro atoms. The van der Waals surface area contributed by atoms with Crippen molar-refractivity contribution in [2.75, 3.05) is 25.6 Å². The molecule has 0 aliphatic heterocycles. The van der Waals surface area contributed by atoms with Crippen LogP contribution in [0.15, 0.2) is 47.1 Å². The van der Waals surface area contributed by atoms with E-state index in [1.807, 2.05) is 30.3 Å². The second-order valence-corrected chi connectivity index (χ2v) is 5.45. The third-order valence-corrected chi connectivity index (χ3v) is 3.80. The SMILES string of the molecule is COc1c(C(C)=O)c(O)c(OCCNc2ccccc2)c2occc12. The molecule has 130 valence electrons. The van der Waals surface area contributed by atoms with Gasteiger partial charge in [0.25, 0.3) is 0 Å². The fourth-order valence-electron chi connectivity index (χ4n) is 2.70. The Morgan fingerprint density at radius 3 is 2.64 bits per heavy atom. The van der Waals surface area contributed by atoms with Gasteiger partial charge in [0.05, 0.1) is 18.8 Å². The van der Waals surface area contributed by atoms with Gasteiger partial charge in [-0.2, -0.15) is 0 Å². The van der Waals surface area contributed by atoms with Crippen LogP contribution in [0.1, 0.15) is 17.3 Å². The average Bonchev–Trinajstić information content (AvgIpc) is 3.09. The Balaban J connectivity index is 1.84. The van der Waals surface area contributed by atoms with Gasteiger partial charge in [-0.05, 0) is 25.1 Å². The molecule has 2 N–H and O–H groups in total. The molecule has 1 heterocycles. The van der Waals surface area contributed by atoms with Crippen molar-refractivity contribution in [3.8, 4) is 17.2 Å². The number of aromatic hydroxyl groups is 1. The summed E-state index contributed by atoms with van der Waals surface area (Å²) in [5.41, 5.74) is 1.40. The van der Waals surface area contributed by atoms with Crippen LogP contribution in [0.25, 0.3) is 11.0 Å². The van der Waals surface area contributed by atoms with Gasteiger partial charge in [-0.25, -0.2) is 0 Å². The molecule has 3 aromatic rings. The summed E-state index contributed by atoms with van der Waals surface area (Å²) >= 11 is 0. The lowest BCUT2D eigenvalue weighted by Crippen LogP contribution is -2.12. The maximum atomic E-state index is 11.9. The van der Waals surface area contributed by atoms with Gasteiger partial charge in [0, 0.05) is 12.2 Å². The third kappa shape index (κ3) is 3.24. The van der Waals surface area contributed by atoms with E-state index in [9.17, 15) is 9.90 Å². The van der Waals surface area contributed by atoms with E-state index in [1.165, 1.54) is 20.3 Å². The zero-order chi connectivity index (χ0) is 17.8. The fraction of sp³-hybridized carbons (Fsp3) is 0.211. The Hall–Kier alpha value is -3.15. The van der Waals surface area contributed by atoms with Gasteiger partial charge in [-0.1, -0.05) is 18.2 Å². The molecule has 3 rings (SSSR count). The minimum atomic E-state index is -0.315. The molecule has 0 saturated heterocycles. The molecule has 0 unspecified atom stereocenters. The molecule has 25 heavy (non-hydrogen) atoms. The van der Waals surface area contributed by atoms with E-state index < -0.39 is 0 Å². The second-order valence-electron chi connectivity index (χ2n) is 5.45. The summed E-state index contributed by atoms with van der Waals surface area (Å²) in [5, 5.41) is 14.3. The van der Waals surface area contributed by atoms with Crippen LogP contribution in [0.3, 0.4) is 0 Å². The summed E-state index contributed by atoms with van der Waals surface area (Å²) in [6.07, 6.45) is 1.46. The Morgan fingerprint density at radius 1 is 1.20 bits per heavy atom. The molecule has 0 aliphatic carbocycles. The number of hydrogen-bond acceptors (Lipinski definition) is 6. The number of Topliss-reactive ketones (excluding diaryl/α,β-unsaturated/α-hetero) is 1. The predicted octanol–water partition coefficient (Wildman–Crippen LogP) is 3.84. The van der Waals surface area contributed by atoms with Crippen LogP contribution in [0.5, 0.6) is 17.2 Å². The van der Waals surface area contributed by atoms with Crippen molar-refractivity contribution in [3.63, 3.8) is 0 Å². The van der Waals surface area contributed by atoms with Gasteiger partial charge in [-0.15, -0.1) is 0 Å². The number of benzene rings is 2. The predicted molar refractivity (Wildman–Crippen MR) is 94.9 cm³/mol. The van der Waals surface area contributed by atoms with Gasteiger partial charge in [0.15, 0.2) is 17.1 Å². The maximum Gasteiger partial charge on any atom is 0.205 e. The second kappa shape index (κ2) is 7.17. The smallest absolute Gasteiger partial charge is 0.205 e. The quantitative estimate of drug-likeness (QED) is 0.502. The van der Waals surface area contributed by atoms with Crippen molar-refractivity contribution in [2.45, 2.75) is 6.92 Å². The first-order valence-electron chi connectivity index (χ1n) is 7.86. The number of anilines is 1. The highest BCUT2D eigenvalue weighted by Crippen LogP contribution is 2.45. The molecule has 0 bridgehead atoms. The number of carbonyl (C=O) groups excluding carboxylic acids is 1. The minimum absolute atomic E-state index is 0.0856. The van der Waals surface area contributed by atoms with E-state index in [0.29, 0.717) is 17.5 Å². The van der Waals surface area contributed by atoms with Crippen molar-refractivity contribution in [1.29, 1.82) is 0 Å². The number of hydrogen-bond donors (Lipinski definition) is 2. The van der Waals surface area contributed by atoms with Gasteiger partial charge >= 0.3 is 0 Å². The van der Waals surface area contributed by atoms with Crippen molar-refractivity contribution >= 4 is 22.4 Å².